The first-order chi connectivity index (χ1) is 10.0. The van der Waals surface area contributed by atoms with Gasteiger partial charge in [0.15, 0.2) is 0 Å². The molecule has 3 amide bonds. The summed E-state index contributed by atoms with van der Waals surface area (Å²) in [7, 11) is 0. The van der Waals surface area contributed by atoms with Crippen LogP contribution in [0.3, 0.4) is 0 Å². The number of unbranched alkanes of at least 4 members (excludes halogenated alkanes) is 1. The molecule has 0 bridgehead atoms. The Morgan fingerprint density at radius 1 is 1.14 bits per heavy atom. The molecule has 0 unspecified atom stereocenters. The van der Waals surface area contributed by atoms with Gasteiger partial charge >= 0.3 is 12.0 Å². The van der Waals surface area contributed by atoms with Crippen LogP contribution in [0.5, 0.6) is 0 Å². The first-order valence-electron chi connectivity index (χ1n) is 6.93. The number of carbonyl (C=O) groups excluding carboxylic acids is 2. The third-order valence-corrected chi connectivity index (χ3v) is 2.89. The van der Waals surface area contributed by atoms with E-state index in [1.54, 1.807) is 6.07 Å². The molecule has 0 aliphatic heterocycles. The fraction of sp³-hybridized carbons (Fsp3) is 0.400. The van der Waals surface area contributed by atoms with Crippen LogP contribution in [-0.2, 0) is 16.0 Å². The van der Waals surface area contributed by atoms with Crippen molar-refractivity contribution in [2.24, 2.45) is 0 Å². The second-order valence-electron chi connectivity index (χ2n) is 4.66. The Hall–Kier alpha value is -2.37. The molecule has 0 heterocycles. The van der Waals surface area contributed by atoms with E-state index in [1.165, 1.54) is 0 Å². The quantitative estimate of drug-likeness (QED) is 0.673. The topological polar surface area (TPSA) is 95.5 Å². The molecule has 0 radical (unpaired) electrons. The third kappa shape index (κ3) is 7.10. The SMILES string of the molecule is CCc1cccc(NC(=O)NC(=O)CCCCC(=O)O)c1. The van der Waals surface area contributed by atoms with Crippen LogP contribution < -0.4 is 10.6 Å². The second kappa shape index (κ2) is 8.73. The summed E-state index contributed by atoms with van der Waals surface area (Å²) in [6.07, 6.45) is 1.89. The first kappa shape index (κ1) is 16.7. The number of hydrogen-bond acceptors (Lipinski definition) is 3. The maximum absolute atomic E-state index is 11.6. The molecule has 0 saturated heterocycles. The van der Waals surface area contributed by atoms with Crippen LogP contribution in [0.15, 0.2) is 24.3 Å². The number of carboxylic acid groups (broad SMARTS) is 1. The Morgan fingerprint density at radius 2 is 1.86 bits per heavy atom. The largest absolute Gasteiger partial charge is 0.481 e. The number of urea groups is 1. The van der Waals surface area contributed by atoms with E-state index in [0.717, 1.165) is 12.0 Å². The van der Waals surface area contributed by atoms with E-state index in [9.17, 15) is 14.4 Å². The number of benzene rings is 1. The Bertz CT molecular complexity index is 514. The normalized spacial score (nSPS) is 9.95. The Labute approximate surface area is 123 Å². The lowest BCUT2D eigenvalue weighted by molar-refractivity contribution is -0.137. The summed E-state index contributed by atoms with van der Waals surface area (Å²) in [6, 6.07) is 6.80. The van der Waals surface area contributed by atoms with Crippen molar-refractivity contribution in [2.75, 3.05) is 5.32 Å². The van der Waals surface area contributed by atoms with Gasteiger partial charge in [-0.3, -0.25) is 14.9 Å². The van der Waals surface area contributed by atoms with Gasteiger partial charge in [0.05, 0.1) is 0 Å². The molecule has 6 nitrogen and oxygen atoms in total. The molecule has 0 spiro atoms. The smallest absolute Gasteiger partial charge is 0.325 e. The highest BCUT2D eigenvalue weighted by atomic mass is 16.4. The summed E-state index contributed by atoms with van der Waals surface area (Å²) >= 11 is 0. The molecule has 3 N–H and O–H groups in total. The van der Waals surface area contributed by atoms with Gasteiger partial charge in [-0.25, -0.2) is 4.79 Å². The fourth-order valence-corrected chi connectivity index (χ4v) is 1.78. The van der Waals surface area contributed by atoms with E-state index in [1.807, 2.05) is 25.1 Å². The maximum Gasteiger partial charge on any atom is 0.325 e. The van der Waals surface area contributed by atoms with E-state index in [0.29, 0.717) is 18.5 Å². The molecule has 1 rings (SSSR count). The van der Waals surface area contributed by atoms with Gasteiger partial charge in [-0.1, -0.05) is 19.1 Å². The summed E-state index contributed by atoms with van der Waals surface area (Å²) in [5.74, 6) is -1.30. The average Bonchev–Trinajstić information content (AvgIpc) is 2.43. The van der Waals surface area contributed by atoms with E-state index in [2.05, 4.69) is 10.6 Å². The van der Waals surface area contributed by atoms with Crippen molar-refractivity contribution in [3.63, 3.8) is 0 Å². The third-order valence-electron chi connectivity index (χ3n) is 2.89. The highest BCUT2D eigenvalue weighted by Gasteiger charge is 2.08. The fourth-order valence-electron chi connectivity index (χ4n) is 1.78. The van der Waals surface area contributed by atoms with Crippen LogP contribution in [0.25, 0.3) is 0 Å². The molecule has 1 aromatic carbocycles. The number of hydrogen-bond donors (Lipinski definition) is 3. The van der Waals surface area contributed by atoms with Crippen LogP contribution in [-0.4, -0.2) is 23.0 Å². The standard InChI is InChI=1S/C15H20N2O4/c1-2-11-6-5-7-12(10-11)16-15(21)17-13(18)8-3-4-9-14(19)20/h5-7,10H,2-4,8-9H2,1H3,(H,19,20)(H2,16,17,18,21). The molecular formula is C15H20N2O4. The number of aryl methyl sites for hydroxylation is 1. The van der Waals surface area contributed by atoms with Crippen LogP contribution in [0.1, 0.15) is 38.2 Å². The summed E-state index contributed by atoms with van der Waals surface area (Å²) < 4.78 is 0. The Morgan fingerprint density at radius 3 is 2.52 bits per heavy atom. The molecule has 21 heavy (non-hydrogen) atoms. The summed E-state index contributed by atoms with van der Waals surface area (Å²) in [6.45, 7) is 2.01. The second-order valence-corrected chi connectivity index (χ2v) is 4.66. The predicted molar refractivity (Wildman–Crippen MR) is 79.1 cm³/mol. The van der Waals surface area contributed by atoms with Gasteiger partial charge in [0, 0.05) is 18.5 Å². The minimum atomic E-state index is -0.885. The zero-order valence-electron chi connectivity index (χ0n) is 12.0. The predicted octanol–water partition coefficient (Wildman–Crippen LogP) is 2.54. The van der Waals surface area contributed by atoms with Crippen LogP contribution in [0.2, 0.25) is 0 Å². The van der Waals surface area contributed by atoms with Crippen molar-refractivity contribution in [1.82, 2.24) is 5.32 Å². The van der Waals surface area contributed by atoms with E-state index in [4.69, 9.17) is 5.11 Å². The van der Waals surface area contributed by atoms with Gasteiger partial charge in [-0.15, -0.1) is 0 Å². The summed E-state index contributed by atoms with van der Waals surface area (Å²) in [5.41, 5.74) is 1.72. The lowest BCUT2D eigenvalue weighted by Gasteiger charge is -2.07. The zero-order chi connectivity index (χ0) is 15.7. The van der Waals surface area contributed by atoms with Gasteiger partial charge in [0.25, 0.3) is 0 Å². The van der Waals surface area contributed by atoms with E-state index in [-0.39, 0.29) is 12.8 Å². The van der Waals surface area contributed by atoms with Crippen LogP contribution in [0.4, 0.5) is 10.5 Å². The monoisotopic (exact) mass is 292 g/mol. The molecular weight excluding hydrogens is 272 g/mol. The minimum Gasteiger partial charge on any atom is -0.481 e. The lowest BCUT2D eigenvalue weighted by atomic mass is 10.1. The first-order valence-corrected chi connectivity index (χ1v) is 6.93. The van der Waals surface area contributed by atoms with Gasteiger partial charge < -0.3 is 10.4 Å². The van der Waals surface area contributed by atoms with E-state index < -0.39 is 17.9 Å². The number of anilines is 1. The van der Waals surface area contributed by atoms with Crippen molar-refractivity contribution < 1.29 is 19.5 Å². The molecule has 6 heteroatoms. The lowest BCUT2D eigenvalue weighted by Crippen LogP contribution is -2.34. The summed E-state index contributed by atoms with van der Waals surface area (Å²) in [4.78, 5) is 33.4. The number of carbonyl (C=O) groups is 3. The molecule has 0 aliphatic carbocycles. The van der Waals surface area contributed by atoms with Crippen molar-refractivity contribution in [2.45, 2.75) is 39.0 Å². The number of amides is 3. The van der Waals surface area contributed by atoms with Gasteiger partial charge in [-0.2, -0.15) is 0 Å². The van der Waals surface area contributed by atoms with Crippen molar-refractivity contribution in [3.8, 4) is 0 Å². The van der Waals surface area contributed by atoms with Crippen LogP contribution in [0, 0.1) is 0 Å². The van der Waals surface area contributed by atoms with Crippen molar-refractivity contribution in [1.29, 1.82) is 0 Å². The van der Waals surface area contributed by atoms with Gasteiger partial charge in [0.2, 0.25) is 5.91 Å². The van der Waals surface area contributed by atoms with E-state index >= 15 is 0 Å². The molecule has 114 valence electrons. The number of imide groups is 1. The maximum atomic E-state index is 11.6. The minimum absolute atomic E-state index is 0.0310. The van der Waals surface area contributed by atoms with Gasteiger partial charge in [0.1, 0.15) is 0 Å². The average molecular weight is 292 g/mol. The van der Waals surface area contributed by atoms with Gasteiger partial charge in [-0.05, 0) is 37.0 Å². The Balaban J connectivity index is 2.32. The summed E-state index contributed by atoms with van der Waals surface area (Å²) in [5, 5.41) is 13.3. The molecule has 0 aromatic heterocycles. The zero-order valence-corrected chi connectivity index (χ0v) is 12.0. The number of nitrogens with one attached hydrogen (secondary N) is 2. The van der Waals surface area contributed by atoms with Crippen molar-refractivity contribution in [3.05, 3.63) is 29.8 Å². The number of aliphatic carboxylic acids is 1. The Kier molecular flexibility index (Phi) is 6.94. The highest BCUT2D eigenvalue weighted by Crippen LogP contribution is 2.10. The number of carboxylic acids is 1. The molecule has 0 aliphatic rings. The molecule has 0 fully saturated rings. The van der Waals surface area contributed by atoms with Crippen LogP contribution >= 0.6 is 0 Å². The highest BCUT2D eigenvalue weighted by molar-refractivity contribution is 6.01. The molecule has 0 saturated carbocycles. The van der Waals surface area contributed by atoms with Crippen molar-refractivity contribution >= 4 is 23.6 Å². The number of rotatable bonds is 7. The molecule has 0 atom stereocenters. The molecule has 1 aromatic rings.